The van der Waals surface area contributed by atoms with Crippen LogP contribution in [0.1, 0.15) is 41.0 Å². The van der Waals surface area contributed by atoms with Crippen LogP contribution in [0.3, 0.4) is 0 Å². The van der Waals surface area contributed by atoms with Gasteiger partial charge in [0.05, 0.1) is 23.0 Å². The minimum atomic E-state index is -0.598. The van der Waals surface area contributed by atoms with Crippen molar-refractivity contribution in [1.82, 2.24) is 5.32 Å². The summed E-state index contributed by atoms with van der Waals surface area (Å²) < 4.78 is 5.14. The molecule has 2 atom stereocenters. The Bertz CT molecular complexity index is 912. The van der Waals surface area contributed by atoms with Gasteiger partial charge in [0.1, 0.15) is 6.04 Å². The summed E-state index contributed by atoms with van der Waals surface area (Å²) in [7, 11) is 0. The number of fused-ring (bicyclic) bond motifs is 3. The standard InChI is InChI=1S/C20H21N3O4S/c1-12(17-5-3-9-28-17)21-18(24)11-27-20(26)13-6-7-15-14(10-13)22-19(25)16-4-2-8-23(15)16/h3,5-7,9-10,12,16H,2,4,8,11H2,1H3,(H,21,24)(H,22,25)/t12-,16-/m1/s1. The predicted octanol–water partition coefficient (Wildman–Crippen LogP) is 2.70. The van der Waals surface area contributed by atoms with Gasteiger partial charge in [0.2, 0.25) is 5.91 Å². The van der Waals surface area contributed by atoms with E-state index >= 15 is 0 Å². The second-order valence-corrected chi connectivity index (χ2v) is 7.93. The lowest BCUT2D eigenvalue weighted by molar-refractivity contribution is -0.124. The number of esters is 1. The van der Waals surface area contributed by atoms with Crippen LogP contribution < -0.4 is 15.5 Å². The molecule has 0 spiro atoms. The Hall–Kier alpha value is -2.87. The average Bonchev–Trinajstić information content (AvgIpc) is 3.37. The van der Waals surface area contributed by atoms with Crippen molar-refractivity contribution in [3.05, 3.63) is 46.2 Å². The topological polar surface area (TPSA) is 87.7 Å². The summed E-state index contributed by atoms with van der Waals surface area (Å²) in [6, 6.07) is 8.69. The SMILES string of the molecule is C[C@@H](NC(=O)COC(=O)c1ccc2c(c1)NC(=O)[C@H]1CCCN21)c1cccs1. The molecule has 0 bridgehead atoms. The Balaban J connectivity index is 1.37. The number of hydrogen-bond donors (Lipinski definition) is 2. The molecule has 2 N–H and O–H groups in total. The van der Waals surface area contributed by atoms with E-state index in [1.807, 2.05) is 30.5 Å². The van der Waals surface area contributed by atoms with Crippen LogP contribution in [0, 0.1) is 0 Å². The molecule has 1 aromatic heterocycles. The van der Waals surface area contributed by atoms with E-state index in [2.05, 4.69) is 15.5 Å². The summed E-state index contributed by atoms with van der Waals surface area (Å²) in [5.74, 6) is -1.00. The van der Waals surface area contributed by atoms with E-state index in [0.717, 1.165) is 30.0 Å². The summed E-state index contributed by atoms with van der Waals surface area (Å²) in [6.45, 7) is 2.35. The molecule has 28 heavy (non-hydrogen) atoms. The average molecular weight is 399 g/mol. The summed E-state index contributed by atoms with van der Waals surface area (Å²) in [4.78, 5) is 39.7. The van der Waals surface area contributed by atoms with E-state index in [1.165, 1.54) is 0 Å². The first-order chi connectivity index (χ1) is 13.5. The fourth-order valence-electron chi connectivity index (χ4n) is 3.66. The van der Waals surface area contributed by atoms with Crippen molar-refractivity contribution in [2.75, 3.05) is 23.4 Å². The molecule has 146 valence electrons. The van der Waals surface area contributed by atoms with E-state index in [0.29, 0.717) is 11.3 Å². The highest BCUT2D eigenvalue weighted by atomic mass is 32.1. The third kappa shape index (κ3) is 3.60. The number of nitrogens with one attached hydrogen (secondary N) is 2. The molecule has 4 rings (SSSR count). The first-order valence-corrected chi connectivity index (χ1v) is 10.1. The molecule has 0 saturated carbocycles. The molecule has 3 heterocycles. The van der Waals surface area contributed by atoms with Crippen LogP contribution in [0.4, 0.5) is 11.4 Å². The van der Waals surface area contributed by atoms with E-state index in [9.17, 15) is 14.4 Å². The van der Waals surface area contributed by atoms with Gasteiger partial charge in [-0.05, 0) is 49.4 Å². The molecule has 8 heteroatoms. The number of hydrogen-bond acceptors (Lipinski definition) is 6. The molecule has 1 saturated heterocycles. The zero-order valence-corrected chi connectivity index (χ0v) is 16.3. The number of carbonyl (C=O) groups excluding carboxylic acids is 3. The Morgan fingerprint density at radius 2 is 2.25 bits per heavy atom. The molecule has 0 radical (unpaired) electrons. The number of carbonyl (C=O) groups is 3. The quantitative estimate of drug-likeness (QED) is 0.755. The first kappa shape index (κ1) is 18.5. The molecule has 2 amide bonds. The first-order valence-electron chi connectivity index (χ1n) is 9.24. The lowest BCUT2D eigenvalue weighted by Crippen LogP contribution is -2.43. The fraction of sp³-hybridized carbons (Fsp3) is 0.350. The normalized spacial score (nSPS) is 18.7. The van der Waals surface area contributed by atoms with Crippen molar-refractivity contribution in [1.29, 1.82) is 0 Å². The monoisotopic (exact) mass is 399 g/mol. The molecular weight excluding hydrogens is 378 g/mol. The van der Waals surface area contributed by atoms with Gasteiger partial charge < -0.3 is 20.3 Å². The molecule has 0 unspecified atom stereocenters. The van der Waals surface area contributed by atoms with E-state index < -0.39 is 5.97 Å². The van der Waals surface area contributed by atoms with E-state index in [4.69, 9.17) is 4.74 Å². The van der Waals surface area contributed by atoms with Crippen LogP contribution in [-0.4, -0.2) is 37.0 Å². The highest BCUT2D eigenvalue weighted by Gasteiger charge is 2.36. The number of benzene rings is 1. The van der Waals surface area contributed by atoms with E-state index in [1.54, 1.807) is 23.5 Å². The summed E-state index contributed by atoms with van der Waals surface area (Å²) in [5.41, 5.74) is 1.82. The Kier molecular flexibility index (Phi) is 5.04. The van der Waals surface area contributed by atoms with Crippen molar-refractivity contribution in [2.24, 2.45) is 0 Å². The number of amides is 2. The zero-order valence-electron chi connectivity index (χ0n) is 15.4. The van der Waals surface area contributed by atoms with Crippen molar-refractivity contribution in [3.8, 4) is 0 Å². The van der Waals surface area contributed by atoms with Crippen LogP contribution in [0.25, 0.3) is 0 Å². The molecule has 2 aliphatic heterocycles. The lowest BCUT2D eigenvalue weighted by Gasteiger charge is -2.33. The number of nitrogens with zero attached hydrogens (tertiary/aromatic N) is 1. The Morgan fingerprint density at radius 3 is 3.04 bits per heavy atom. The molecular formula is C20H21N3O4S. The minimum absolute atomic E-state index is 0.0440. The molecule has 1 fully saturated rings. The summed E-state index contributed by atoms with van der Waals surface area (Å²) in [6.07, 6.45) is 1.81. The van der Waals surface area contributed by atoms with Gasteiger partial charge >= 0.3 is 5.97 Å². The van der Waals surface area contributed by atoms with E-state index in [-0.39, 0.29) is 30.5 Å². The number of rotatable bonds is 5. The van der Waals surface area contributed by atoms with Gasteiger partial charge in [-0.2, -0.15) is 0 Å². The van der Waals surface area contributed by atoms with Crippen molar-refractivity contribution < 1.29 is 19.1 Å². The molecule has 7 nitrogen and oxygen atoms in total. The van der Waals surface area contributed by atoms with Gasteiger partial charge in [0, 0.05) is 11.4 Å². The maximum absolute atomic E-state index is 12.3. The van der Waals surface area contributed by atoms with Gasteiger partial charge in [0.25, 0.3) is 5.91 Å². The van der Waals surface area contributed by atoms with Gasteiger partial charge in [-0.3, -0.25) is 9.59 Å². The lowest BCUT2D eigenvalue weighted by atomic mass is 10.1. The number of ether oxygens (including phenoxy) is 1. The van der Waals surface area contributed by atoms with Crippen LogP contribution >= 0.6 is 11.3 Å². The van der Waals surface area contributed by atoms with Gasteiger partial charge in [-0.25, -0.2) is 4.79 Å². The second kappa shape index (κ2) is 7.63. The summed E-state index contributed by atoms with van der Waals surface area (Å²) >= 11 is 1.55. The summed E-state index contributed by atoms with van der Waals surface area (Å²) in [5, 5.41) is 7.61. The maximum Gasteiger partial charge on any atom is 0.338 e. The van der Waals surface area contributed by atoms with Crippen molar-refractivity contribution in [3.63, 3.8) is 0 Å². The van der Waals surface area contributed by atoms with Crippen molar-refractivity contribution >= 4 is 40.5 Å². The zero-order chi connectivity index (χ0) is 19.7. The van der Waals surface area contributed by atoms with Gasteiger partial charge in [-0.1, -0.05) is 6.07 Å². The Morgan fingerprint density at radius 1 is 1.39 bits per heavy atom. The number of thiophene rings is 1. The second-order valence-electron chi connectivity index (χ2n) is 6.95. The van der Waals surface area contributed by atoms with Crippen molar-refractivity contribution in [2.45, 2.75) is 31.8 Å². The largest absolute Gasteiger partial charge is 0.452 e. The van der Waals surface area contributed by atoms with Crippen LogP contribution in [0.2, 0.25) is 0 Å². The van der Waals surface area contributed by atoms with Gasteiger partial charge in [0.15, 0.2) is 6.61 Å². The van der Waals surface area contributed by atoms with Crippen LogP contribution in [0.15, 0.2) is 35.7 Å². The van der Waals surface area contributed by atoms with Gasteiger partial charge in [-0.15, -0.1) is 11.3 Å². The molecule has 2 aliphatic rings. The van der Waals surface area contributed by atoms with Crippen LogP contribution in [0.5, 0.6) is 0 Å². The maximum atomic E-state index is 12.3. The highest BCUT2D eigenvalue weighted by Crippen LogP contribution is 2.37. The fourth-order valence-corrected chi connectivity index (χ4v) is 4.40. The molecule has 0 aliphatic carbocycles. The predicted molar refractivity (Wildman–Crippen MR) is 107 cm³/mol. The smallest absolute Gasteiger partial charge is 0.338 e. The minimum Gasteiger partial charge on any atom is -0.452 e. The third-order valence-corrected chi connectivity index (χ3v) is 6.09. The highest BCUT2D eigenvalue weighted by molar-refractivity contribution is 7.10. The third-order valence-electron chi connectivity index (χ3n) is 5.04. The number of anilines is 2. The molecule has 1 aromatic carbocycles. The molecule has 2 aromatic rings. The Labute approximate surface area is 166 Å². The van der Waals surface area contributed by atoms with Crippen LogP contribution in [-0.2, 0) is 14.3 Å².